The van der Waals surface area contributed by atoms with Crippen LogP contribution in [0.3, 0.4) is 0 Å². The first-order valence-corrected chi connectivity index (χ1v) is 8.93. The van der Waals surface area contributed by atoms with E-state index in [-0.39, 0.29) is 11.9 Å². The summed E-state index contributed by atoms with van der Waals surface area (Å²) in [5.41, 5.74) is 2.72. The highest BCUT2D eigenvalue weighted by Crippen LogP contribution is 2.20. The van der Waals surface area contributed by atoms with Crippen LogP contribution in [-0.2, 0) is 4.79 Å². The van der Waals surface area contributed by atoms with Gasteiger partial charge in [0.2, 0.25) is 5.91 Å². The average Bonchev–Trinajstić information content (AvgIpc) is 2.73. The van der Waals surface area contributed by atoms with Crippen molar-refractivity contribution < 1.29 is 9.53 Å². The van der Waals surface area contributed by atoms with Crippen molar-refractivity contribution in [1.82, 2.24) is 10.3 Å². The number of carbonyl (C=O) groups is 1. The van der Waals surface area contributed by atoms with E-state index in [9.17, 15) is 4.79 Å². The van der Waals surface area contributed by atoms with Gasteiger partial charge in [0.05, 0.1) is 18.3 Å². The van der Waals surface area contributed by atoms with Crippen LogP contribution < -0.4 is 10.1 Å². The molecule has 136 valence electrons. The Morgan fingerprint density at radius 1 is 1.04 bits per heavy atom. The van der Waals surface area contributed by atoms with Crippen molar-refractivity contribution in [2.45, 2.75) is 13.0 Å². The SMILES string of the molecule is CCOc1ccc(/C=C/C(=O)NC(c2ccccc2)c2ccccn2)cc1. The van der Waals surface area contributed by atoms with Gasteiger partial charge in [0.25, 0.3) is 0 Å². The quantitative estimate of drug-likeness (QED) is 0.637. The minimum absolute atomic E-state index is 0.177. The van der Waals surface area contributed by atoms with Gasteiger partial charge in [0.1, 0.15) is 5.75 Å². The lowest BCUT2D eigenvalue weighted by Gasteiger charge is -2.17. The van der Waals surface area contributed by atoms with Gasteiger partial charge in [-0.15, -0.1) is 0 Å². The molecule has 0 bridgehead atoms. The number of nitrogens with zero attached hydrogens (tertiary/aromatic N) is 1. The predicted molar refractivity (Wildman–Crippen MR) is 107 cm³/mol. The third-order valence-corrected chi connectivity index (χ3v) is 4.02. The lowest BCUT2D eigenvalue weighted by atomic mass is 10.0. The zero-order valence-corrected chi connectivity index (χ0v) is 15.2. The minimum Gasteiger partial charge on any atom is -0.494 e. The topological polar surface area (TPSA) is 51.2 Å². The van der Waals surface area contributed by atoms with Gasteiger partial charge in [-0.1, -0.05) is 48.5 Å². The van der Waals surface area contributed by atoms with Crippen LogP contribution in [0.25, 0.3) is 6.08 Å². The first-order valence-electron chi connectivity index (χ1n) is 8.93. The second-order valence-corrected chi connectivity index (χ2v) is 5.94. The molecule has 1 amide bonds. The van der Waals surface area contributed by atoms with Crippen LogP contribution in [0.5, 0.6) is 5.75 Å². The highest BCUT2D eigenvalue weighted by molar-refractivity contribution is 5.92. The Labute approximate surface area is 159 Å². The third kappa shape index (κ3) is 5.28. The predicted octanol–water partition coefficient (Wildman–Crippen LogP) is 4.40. The number of hydrogen-bond acceptors (Lipinski definition) is 3. The summed E-state index contributed by atoms with van der Waals surface area (Å²) >= 11 is 0. The summed E-state index contributed by atoms with van der Waals surface area (Å²) in [6.45, 7) is 2.58. The van der Waals surface area contributed by atoms with Gasteiger partial charge in [-0.25, -0.2) is 0 Å². The van der Waals surface area contributed by atoms with E-state index in [0.29, 0.717) is 6.61 Å². The molecule has 27 heavy (non-hydrogen) atoms. The van der Waals surface area contributed by atoms with Crippen molar-refractivity contribution in [2.24, 2.45) is 0 Å². The largest absolute Gasteiger partial charge is 0.494 e. The first kappa shape index (κ1) is 18.4. The second kappa shape index (κ2) is 9.34. The Bertz CT molecular complexity index is 836. The van der Waals surface area contributed by atoms with Gasteiger partial charge in [-0.05, 0) is 48.4 Å². The van der Waals surface area contributed by atoms with Crippen LogP contribution in [0, 0.1) is 0 Å². The summed E-state index contributed by atoms with van der Waals surface area (Å²) in [5, 5.41) is 3.04. The summed E-state index contributed by atoms with van der Waals surface area (Å²) in [4.78, 5) is 16.9. The highest BCUT2D eigenvalue weighted by atomic mass is 16.5. The van der Waals surface area contributed by atoms with Crippen molar-refractivity contribution in [1.29, 1.82) is 0 Å². The molecule has 3 rings (SSSR count). The van der Waals surface area contributed by atoms with E-state index in [0.717, 1.165) is 22.6 Å². The molecular weight excluding hydrogens is 336 g/mol. The summed E-state index contributed by atoms with van der Waals surface area (Å²) in [5.74, 6) is 0.641. The lowest BCUT2D eigenvalue weighted by molar-refractivity contribution is -0.116. The lowest BCUT2D eigenvalue weighted by Crippen LogP contribution is -2.28. The summed E-state index contributed by atoms with van der Waals surface area (Å²) in [7, 11) is 0. The van der Waals surface area contributed by atoms with E-state index in [1.807, 2.05) is 79.7 Å². The number of hydrogen-bond donors (Lipinski definition) is 1. The molecule has 0 saturated heterocycles. The van der Waals surface area contributed by atoms with Crippen molar-refractivity contribution in [2.75, 3.05) is 6.61 Å². The Morgan fingerprint density at radius 2 is 1.78 bits per heavy atom. The van der Waals surface area contributed by atoms with E-state index >= 15 is 0 Å². The van der Waals surface area contributed by atoms with Crippen LogP contribution in [0.4, 0.5) is 0 Å². The number of ether oxygens (including phenoxy) is 1. The Balaban J connectivity index is 1.73. The zero-order valence-electron chi connectivity index (χ0n) is 15.2. The molecule has 0 radical (unpaired) electrons. The monoisotopic (exact) mass is 358 g/mol. The molecule has 1 unspecified atom stereocenters. The molecule has 0 saturated carbocycles. The molecule has 0 fully saturated rings. The van der Waals surface area contributed by atoms with Gasteiger partial charge in [-0.2, -0.15) is 0 Å². The summed E-state index contributed by atoms with van der Waals surface area (Å²) in [6.07, 6.45) is 5.05. The Morgan fingerprint density at radius 3 is 2.44 bits per heavy atom. The van der Waals surface area contributed by atoms with Gasteiger partial charge >= 0.3 is 0 Å². The number of aromatic nitrogens is 1. The van der Waals surface area contributed by atoms with Crippen LogP contribution >= 0.6 is 0 Å². The van der Waals surface area contributed by atoms with Gasteiger partial charge < -0.3 is 10.1 Å². The standard InChI is InChI=1S/C23H22N2O2/c1-2-27-20-14-11-18(12-15-20)13-16-22(26)25-23(19-8-4-3-5-9-19)21-10-6-7-17-24-21/h3-17,23H,2H2,1H3,(H,25,26)/b16-13+. The number of pyridine rings is 1. The fourth-order valence-electron chi connectivity index (χ4n) is 2.72. The molecule has 3 aromatic rings. The Hall–Kier alpha value is -3.40. The molecule has 4 heteroatoms. The van der Waals surface area contributed by atoms with Crippen LogP contribution in [0.1, 0.15) is 29.8 Å². The maximum atomic E-state index is 12.5. The molecule has 0 spiro atoms. The first-order chi connectivity index (χ1) is 13.3. The van der Waals surface area contributed by atoms with Gasteiger partial charge in [-0.3, -0.25) is 9.78 Å². The molecule has 0 aliphatic rings. The third-order valence-electron chi connectivity index (χ3n) is 4.02. The molecule has 1 aromatic heterocycles. The second-order valence-electron chi connectivity index (χ2n) is 5.94. The van der Waals surface area contributed by atoms with Crippen LogP contribution in [0.15, 0.2) is 85.1 Å². The summed E-state index contributed by atoms with van der Waals surface area (Å²) in [6, 6.07) is 22.8. The molecule has 1 atom stereocenters. The van der Waals surface area contributed by atoms with E-state index in [4.69, 9.17) is 4.74 Å². The van der Waals surface area contributed by atoms with E-state index < -0.39 is 0 Å². The number of carbonyl (C=O) groups excluding carboxylic acids is 1. The minimum atomic E-state index is -0.301. The maximum Gasteiger partial charge on any atom is 0.244 e. The molecular formula is C23H22N2O2. The number of amides is 1. The maximum absolute atomic E-state index is 12.5. The fraction of sp³-hybridized carbons (Fsp3) is 0.130. The number of nitrogens with one attached hydrogen (secondary N) is 1. The normalized spacial score (nSPS) is 11.9. The van der Waals surface area contributed by atoms with Crippen LogP contribution in [-0.4, -0.2) is 17.5 Å². The Kier molecular flexibility index (Phi) is 6.36. The fourth-order valence-corrected chi connectivity index (χ4v) is 2.72. The van der Waals surface area contributed by atoms with E-state index in [1.54, 1.807) is 12.3 Å². The van der Waals surface area contributed by atoms with Crippen LogP contribution in [0.2, 0.25) is 0 Å². The highest BCUT2D eigenvalue weighted by Gasteiger charge is 2.16. The molecule has 4 nitrogen and oxygen atoms in total. The zero-order chi connectivity index (χ0) is 18.9. The molecule has 0 aliphatic carbocycles. The van der Waals surface area contributed by atoms with Crippen molar-refractivity contribution in [3.8, 4) is 5.75 Å². The number of benzene rings is 2. The molecule has 0 aliphatic heterocycles. The van der Waals surface area contributed by atoms with Crippen molar-refractivity contribution in [3.63, 3.8) is 0 Å². The van der Waals surface area contributed by atoms with Gasteiger partial charge in [0.15, 0.2) is 0 Å². The molecule has 1 N–H and O–H groups in total. The smallest absolute Gasteiger partial charge is 0.244 e. The van der Waals surface area contributed by atoms with E-state index in [1.165, 1.54) is 6.08 Å². The number of rotatable bonds is 7. The van der Waals surface area contributed by atoms with Gasteiger partial charge in [0, 0.05) is 12.3 Å². The van der Waals surface area contributed by atoms with Crippen molar-refractivity contribution in [3.05, 3.63) is 102 Å². The van der Waals surface area contributed by atoms with E-state index in [2.05, 4.69) is 10.3 Å². The summed E-state index contributed by atoms with van der Waals surface area (Å²) < 4.78 is 5.43. The average molecular weight is 358 g/mol. The van der Waals surface area contributed by atoms with Crippen molar-refractivity contribution >= 4 is 12.0 Å². The molecule has 2 aromatic carbocycles. The molecule has 1 heterocycles.